The topological polar surface area (TPSA) is 42.9 Å². The first-order valence-electron chi connectivity index (χ1n) is 4.75. The second-order valence-corrected chi connectivity index (χ2v) is 3.77. The van der Waals surface area contributed by atoms with E-state index in [9.17, 15) is 4.79 Å². The number of halogens is 1. The third-order valence-electron chi connectivity index (χ3n) is 2.28. The molecule has 0 bridgehead atoms. The van der Waals surface area contributed by atoms with Crippen molar-refractivity contribution in [2.75, 3.05) is 0 Å². The van der Waals surface area contributed by atoms with Gasteiger partial charge >= 0.3 is 0 Å². The van der Waals surface area contributed by atoms with Crippen LogP contribution >= 0.6 is 11.6 Å². The van der Waals surface area contributed by atoms with Gasteiger partial charge in [-0.3, -0.25) is 4.79 Å². The first-order chi connectivity index (χ1) is 7.72. The number of rotatable bonds is 2. The Morgan fingerprint density at radius 2 is 1.88 bits per heavy atom. The van der Waals surface area contributed by atoms with E-state index >= 15 is 0 Å². The highest BCUT2D eigenvalue weighted by atomic mass is 35.5. The number of aryl methyl sites for hydroxylation is 1. The Hall–Kier alpha value is -1.74. The summed E-state index contributed by atoms with van der Waals surface area (Å²) in [5.41, 5.74) is 2.90. The average molecular weight is 233 g/mol. The molecule has 4 heteroatoms. The number of carbonyl (C=O) groups excluding carboxylic acids is 1. The zero-order chi connectivity index (χ0) is 11.5. The summed E-state index contributed by atoms with van der Waals surface area (Å²) < 4.78 is 0. The van der Waals surface area contributed by atoms with Gasteiger partial charge in [-0.2, -0.15) is 0 Å². The summed E-state index contributed by atoms with van der Waals surface area (Å²) in [4.78, 5) is 18.8. The van der Waals surface area contributed by atoms with Crippen molar-refractivity contribution < 1.29 is 4.79 Å². The molecule has 0 amide bonds. The van der Waals surface area contributed by atoms with Gasteiger partial charge in [-0.05, 0) is 6.92 Å². The van der Waals surface area contributed by atoms with Crippen LogP contribution < -0.4 is 0 Å². The Kier molecular flexibility index (Phi) is 2.97. The third kappa shape index (κ3) is 1.95. The summed E-state index contributed by atoms with van der Waals surface area (Å²) in [5.74, 6) is 0. The van der Waals surface area contributed by atoms with Gasteiger partial charge in [0.15, 0.2) is 6.29 Å². The zero-order valence-electron chi connectivity index (χ0n) is 8.64. The normalized spacial score (nSPS) is 10.1. The summed E-state index contributed by atoms with van der Waals surface area (Å²) in [6.07, 6.45) is 2.03. The smallest absolute Gasteiger partial charge is 0.155 e. The quantitative estimate of drug-likeness (QED) is 0.591. The molecule has 3 nitrogen and oxygen atoms in total. The molecule has 80 valence electrons. The highest BCUT2D eigenvalue weighted by Gasteiger charge is 2.10. The number of nitrogens with zero attached hydrogens (tertiary/aromatic N) is 2. The Labute approximate surface area is 98.1 Å². The molecule has 0 spiro atoms. The number of carbonyl (C=O) groups is 1. The average Bonchev–Trinajstić information content (AvgIpc) is 2.30. The zero-order valence-corrected chi connectivity index (χ0v) is 9.40. The van der Waals surface area contributed by atoms with Gasteiger partial charge in [-0.15, -0.1) is 0 Å². The molecule has 0 N–H and O–H groups in total. The van der Waals surface area contributed by atoms with Gasteiger partial charge in [0, 0.05) is 5.56 Å². The van der Waals surface area contributed by atoms with E-state index in [1.807, 2.05) is 31.2 Å². The molecule has 2 aromatic rings. The lowest BCUT2D eigenvalue weighted by molar-refractivity contribution is 0.112. The van der Waals surface area contributed by atoms with Gasteiger partial charge in [0.25, 0.3) is 0 Å². The maximum Gasteiger partial charge on any atom is 0.155 e. The third-order valence-corrected chi connectivity index (χ3v) is 2.58. The van der Waals surface area contributed by atoms with E-state index in [1.165, 1.54) is 6.33 Å². The minimum Gasteiger partial charge on any atom is -0.298 e. The SMILES string of the molecule is Cc1ccc(-c2ncnc(Cl)c2C=O)cc1. The van der Waals surface area contributed by atoms with Crippen molar-refractivity contribution in [3.63, 3.8) is 0 Å². The number of benzene rings is 1. The van der Waals surface area contributed by atoms with E-state index in [0.29, 0.717) is 17.5 Å². The standard InChI is InChI=1S/C12H9ClN2O/c1-8-2-4-9(5-3-8)11-10(6-16)12(13)15-7-14-11/h2-7H,1H3. The molecule has 1 heterocycles. The highest BCUT2D eigenvalue weighted by molar-refractivity contribution is 6.32. The fraction of sp³-hybridized carbons (Fsp3) is 0.0833. The van der Waals surface area contributed by atoms with E-state index in [-0.39, 0.29) is 5.15 Å². The Balaban J connectivity index is 2.59. The Bertz CT molecular complexity index is 523. The fourth-order valence-electron chi connectivity index (χ4n) is 1.42. The van der Waals surface area contributed by atoms with Crippen LogP contribution in [0.2, 0.25) is 5.15 Å². The molecule has 0 unspecified atom stereocenters. The van der Waals surface area contributed by atoms with Crippen molar-refractivity contribution in [3.8, 4) is 11.3 Å². The second-order valence-electron chi connectivity index (χ2n) is 3.41. The first kappa shape index (κ1) is 10.8. The molecule has 2 rings (SSSR count). The van der Waals surface area contributed by atoms with Gasteiger partial charge in [-0.1, -0.05) is 41.4 Å². The first-order valence-corrected chi connectivity index (χ1v) is 5.13. The Morgan fingerprint density at radius 3 is 2.50 bits per heavy atom. The molecular formula is C12H9ClN2O. The summed E-state index contributed by atoms with van der Waals surface area (Å²) in [6, 6.07) is 7.72. The van der Waals surface area contributed by atoms with Crippen LogP contribution in [0.5, 0.6) is 0 Å². The number of aldehydes is 1. The van der Waals surface area contributed by atoms with Crippen LogP contribution in [0, 0.1) is 6.92 Å². The minimum atomic E-state index is 0.181. The van der Waals surface area contributed by atoms with Crippen molar-refractivity contribution in [1.29, 1.82) is 0 Å². The summed E-state index contributed by atoms with van der Waals surface area (Å²) in [7, 11) is 0. The van der Waals surface area contributed by atoms with Crippen LogP contribution in [0.1, 0.15) is 15.9 Å². The summed E-state index contributed by atoms with van der Waals surface area (Å²) in [5, 5.41) is 0.181. The predicted molar refractivity (Wildman–Crippen MR) is 62.6 cm³/mol. The number of aromatic nitrogens is 2. The van der Waals surface area contributed by atoms with E-state index < -0.39 is 0 Å². The molecule has 0 saturated heterocycles. The maximum absolute atomic E-state index is 10.9. The van der Waals surface area contributed by atoms with Gasteiger partial charge in [0.05, 0.1) is 11.3 Å². The predicted octanol–water partition coefficient (Wildman–Crippen LogP) is 2.92. The van der Waals surface area contributed by atoms with Crippen LogP contribution in [0.3, 0.4) is 0 Å². The molecular weight excluding hydrogens is 224 g/mol. The highest BCUT2D eigenvalue weighted by Crippen LogP contribution is 2.24. The van der Waals surface area contributed by atoms with Crippen LogP contribution in [0.25, 0.3) is 11.3 Å². The van der Waals surface area contributed by atoms with Gasteiger partial charge in [0.1, 0.15) is 11.5 Å². The minimum absolute atomic E-state index is 0.181. The lowest BCUT2D eigenvalue weighted by atomic mass is 10.1. The van der Waals surface area contributed by atoms with Crippen molar-refractivity contribution in [2.24, 2.45) is 0 Å². The second kappa shape index (κ2) is 4.41. The van der Waals surface area contributed by atoms with Crippen molar-refractivity contribution >= 4 is 17.9 Å². The molecule has 16 heavy (non-hydrogen) atoms. The largest absolute Gasteiger partial charge is 0.298 e. The van der Waals surface area contributed by atoms with Crippen molar-refractivity contribution in [2.45, 2.75) is 6.92 Å². The molecule has 0 aliphatic rings. The molecule has 1 aromatic carbocycles. The van der Waals surface area contributed by atoms with E-state index in [1.54, 1.807) is 0 Å². The molecule has 0 saturated carbocycles. The van der Waals surface area contributed by atoms with E-state index in [4.69, 9.17) is 11.6 Å². The van der Waals surface area contributed by atoms with Crippen LogP contribution in [0.15, 0.2) is 30.6 Å². The van der Waals surface area contributed by atoms with Crippen LogP contribution in [-0.4, -0.2) is 16.3 Å². The summed E-state index contributed by atoms with van der Waals surface area (Å²) in [6.45, 7) is 2.00. The molecule has 0 atom stereocenters. The van der Waals surface area contributed by atoms with Gasteiger partial charge in [-0.25, -0.2) is 9.97 Å². The number of hydrogen-bond donors (Lipinski definition) is 0. The molecule has 0 aliphatic carbocycles. The van der Waals surface area contributed by atoms with Crippen molar-refractivity contribution in [1.82, 2.24) is 9.97 Å². The molecule has 0 fully saturated rings. The van der Waals surface area contributed by atoms with E-state index in [2.05, 4.69) is 9.97 Å². The van der Waals surface area contributed by atoms with E-state index in [0.717, 1.165) is 11.1 Å². The van der Waals surface area contributed by atoms with Gasteiger partial charge < -0.3 is 0 Å². The monoisotopic (exact) mass is 232 g/mol. The lowest BCUT2D eigenvalue weighted by Crippen LogP contribution is -1.95. The Morgan fingerprint density at radius 1 is 1.19 bits per heavy atom. The van der Waals surface area contributed by atoms with Crippen LogP contribution in [0.4, 0.5) is 0 Å². The van der Waals surface area contributed by atoms with Crippen LogP contribution in [-0.2, 0) is 0 Å². The number of hydrogen-bond acceptors (Lipinski definition) is 3. The van der Waals surface area contributed by atoms with Gasteiger partial charge in [0.2, 0.25) is 0 Å². The fourth-order valence-corrected chi connectivity index (χ4v) is 1.60. The molecule has 0 aliphatic heterocycles. The van der Waals surface area contributed by atoms with Crippen molar-refractivity contribution in [3.05, 3.63) is 46.9 Å². The lowest BCUT2D eigenvalue weighted by Gasteiger charge is -2.04. The molecule has 1 aromatic heterocycles. The molecule has 0 radical (unpaired) electrons. The maximum atomic E-state index is 10.9. The summed E-state index contributed by atoms with van der Waals surface area (Å²) >= 11 is 5.83.